The minimum Gasteiger partial charge on any atom is -0.464 e. The Bertz CT molecular complexity index is 677. The molecule has 120 valence electrons. The summed E-state index contributed by atoms with van der Waals surface area (Å²) in [7, 11) is 0. The fraction of sp³-hybridized carbons (Fsp3) is 0.471. The zero-order valence-corrected chi connectivity index (χ0v) is 12.9. The van der Waals surface area contributed by atoms with Gasteiger partial charge < -0.3 is 4.74 Å². The highest BCUT2D eigenvalue weighted by atomic mass is 16.5. The summed E-state index contributed by atoms with van der Waals surface area (Å²) in [5.41, 5.74) is 1.03. The summed E-state index contributed by atoms with van der Waals surface area (Å²) < 4.78 is 5.07. The van der Waals surface area contributed by atoms with Gasteiger partial charge in [-0.1, -0.05) is 30.3 Å². The molecule has 0 aliphatic carbocycles. The van der Waals surface area contributed by atoms with Crippen molar-refractivity contribution >= 4 is 5.97 Å². The lowest BCUT2D eigenvalue weighted by Crippen LogP contribution is -2.43. The first kappa shape index (κ1) is 14.4. The van der Waals surface area contributed by atoms with Crippen molar-refractivity contribution in [2.24, 2.45) is 0 Å². The zero-order valence-electron chi connectivity index (χ0n) is 12.9. The molecule has 0 bridgehead atoms. The van der Waals surface area contributed by atoms with E-state index in [9.17, 15) is 4.79 Å². The van der Waals surface area contributed by atoms with Crippen LogP contribution in [0.2, 0.25) is 0 Å². The Morgan fingerprint density at radius 2 is 1.91 bits per heavy atom. The highest BCUT2D eigenvalue weighted by Gasteiger charge is 2.35. The molecule has 1 N–H and O–H groups in total. The maximum atomic E-state index is 11.7. The molecule has 1 aromatic heterocycles. The number of cyclic esters (lactones) is 1. The maximum absolute atomic E-state index is 11.7. The number of H-pyrrole nitrogens is 1. The largest absolute Gasteiger partial charge is 0.464 e. The van der Waals surface area contributed by atoms with Gasteiger partial charge in [-0.05, 0) is 25.9 Å². The predicted octanol–water partition coefficient (Wildman–Crippen LogP) is 1.97. The first-order chi connectivity index (χ1) is 11.3. The van der Waals surface area contributed by atoms with E-state index >= 15 is 0 Å². The smallest absolute Gasteiger partial charge is 0.323 e. The SMILES string of the molecule is O=C1OCCC1N1CCC(c2nc(-c3ccccc3)n[nH]2)CC1. The number of hydrogen-bond acceptors (Lipinski definition) is 5. The Morgan fingerprint density at radius 3 is 2.61 bits per heavy atom. The predicted molar refractivity (Wildman–Crippen MR) is 84.7 cm³/mol. The van der Waals surface area contributed by atoms with Gasteiger partial charge in [-0.15, -0.1) is 0 Å². The van der Waals surface area contributed by atoms with Gasteiger partial charge in [0.05, 0.1) is 6.61 Å². The Kier molecular flexibility index (Phi) is 3.83. The molecule has 2 saturated heterocycles. The Hall–Kier alpha value is -2.21. The highest BCUT2D eigenvalue weighted by molar-refractivity contribution is 5.77. The molecule has 0 spiro atoms. The first-order valence-electron chi connectivity index (χ1n) is 8.19. The fourth-order valence-corrected chi connectivity index (χ4v) is 3.47. The van der Waals surface area contributed by atoms with Crippen molar-refractivity contribution in [2.45, 2.75) is 31.2 Å². The van der Waals surface area contributed by atoms with Crippen LogP contribution in [0.5, 0.6) is 0 Å². The molecule has 23 heavy (non-hydrogen) atoms. The standard InChI is InChI=1S/C17H20N4O2/c22-17-14(8-11-23-17)21-9-6-13(7-10-21)16-18-15(19-20-16)12-4-2-1-3-5-12/h1-5,13-14H,6-11H2,(H,18,19,20). The number of aromatic nitrogens is 3. The van der Waals surface area contributed by atoms with Gasteiger partial charge in [-0.2, -0.15) is 5.10 Å². The molecule has 1 atom stereocenters. The minimum atomic E-state index is -0.0607. The van der Waals surface area contributed by atoms with Crippen molar-refractivity contribution in [2.75, 3.05) is 19.7 Å². The van der Waals surface area contributed by atoms with Crippen LogP contribution in [0, 0.1) is 0 Å². The third-order valence-corrected chi connectivity index (χ3v) is 4.80. The Balaban J connectivity index is 1.41. The first-order valence-corrected chi connectivity index (χ1v) is 8.19. The number of benzene rings is 1. The second-order valence-corrected chi connectivity index (χ2v) is 6.19. The molecule has 0 radical (unpaired) electrons. The quantitative estimate of drug-likeness (QED) is 0.877. The lowest BCUT2D eigenvalue weighted by molar-refractivity contribution is -0.142. The summed E-state index contributed by atoms with van der Waals surface area (Å²) in [6.45, 7) is 2.38. The summed E-state index contributed by atoms with van der Waals surface area (Å²) in [4.78, 5) is 18.6. The number of piperidine rings is 1. The number of nitrogens with zero attached hydrogens (tertiary/aromatic N) is 3. The van der Waals surface area contributed by atoms with Gasteiger partial charge in [0.2, 0.25) is 0 Å². The second kappa shape index (κ2) is 6.12. The monoisotopic (exact) mass is 312 g/mol. The summed E-state index contributed by atoms with van der Waals surface area (Å²) in [5.74, 6) is 2.03. The van der Waals surface area contributed by atoms with Gasteiger partial charge in [0.25, 0.3) is 0 Å². The molecule has 1 aromatic carbocycles. The summed E-state index contributed by atoms with van der Waals surface area (Å²) >= 11 is 0. The Labute approximate surface area is 134 Å². The molecule has 0 saturated carbocycles. The maximum Gasteiger partial charge on any atom is 0.323 e. The van der Waals surface area contributed by atoms with Crippen LogP contribution in [0.4, 0.5) is 0 Å². The van der Waals surface area contributed by atoms with Crippen LogP contribution in [0.25, 0.3) is 11.4 Å². The van der Waals surface area contributed by atoms with E-state index in [0.717, 1.165) is 49.6 Å². The van der Waals surface area contributed by atoms with Crippen molar-refractivity contribution in [1.82, 2.24) is 20.1 Å². The van der Waals surface area contributed by atoms with E-state index in [1.807, 2.05) is 30.3 Å². The van der Waals surface area contributed by atoms with Crippen LogP contribution >= 0.6 is 0 Å². The number of nitrogens with one attached hydrogen (secondary N) is 1. The number of carbonyl (C=O) groups is 1. The van der Waals surface area contributed by atoms with Crippen molar-refractivity contribution < 1.29 is 9.53 Å². The van der Waals surface area contributed by atoms with Crippen LogP contribution in [0.1, 0.15) is 31.0 Å². The van der Waals surface area contributed by atoms with Gasteiger partial charge in [0.1, 0.15) is 11.9 Å². The minimum absolute atomic E-state index is 0.0365. The molecule has 2 aliphatic rings. The van der Waals surface area contributed by atoms with E-state index in [0.29, 0.717) is 12.5 Å². The van der Waals surface area contributed by atoms with Crippen LogP contribution in [-0.4, -0.2) is 51.8 Å². The average molecular weight is 312 g/mol. The van der Waals surface area contributed by atoms with Gasteiger partial charge in [0.15, 0.2) is 5.82 Å². The zero-order chi connectivity index (χ0) is 15.6. The molecule has 3 heterocycles. The van der Waals surface area contributed by atoms with Crippen molar-refractivity contribution in [1.29, 1.82) is 0 Å². The van der Waals surface area contributed by atoms with Crippen molar-refractivity contribution in [3.05, 3.63) is 36.2 Å². The molecular weight excluding hydrogens is 292 g/mol. The molecule has 4 rings (SSSR count). The normalized spacial score (nSPS) is 23.1. The second-order valence-electron chi connectivity index (χ2n) is 6.19. The van der Waals surface area contributed by atoms with E-state index < -0.39 is 0 Å². The van der Waals surface area contributed by atoms with E-state index in [4.69, 9.17) is 4.74 Å². The number of aromatic amines is 1. The molecule has 1 unspecified atom stereocenters. The molecule has 0 amide bonds. The van der Waals surface area contributed by atoms with E-state index in [2.05, 4.69) is 20.1 Å². The van der Waals surface area contributed by atoms with Gasteiger partial charge >= 0.3 is 5.97 Å². The molecule has 2 fully saturated rings. The van der Waals surface area contributed by atoms with Crippen LogP contribution in [0.15, 0.2) is 30.3 Å². The van der Waals surface area contributed by atoms with Gasteiger partial charge in [0, 0.05) is 17.9 Å². The fourth-order valence-electron chi connectivity index (χ4n) is 3.47. The van der Waals surface area contributed by atoms with Gasteiger partial charge in [-0.25, -0.2) is 4.98 Å². The Morgan fingerprint density at radius 1 is 1.13 bits per heavy atom. The lowest BCUT2D eigenvalue weighted by atomic mass is 9.95. The molecule has 2 aromatic rings. The molecular formula is C17H20N4O2. The van der Waals surface area contributed by atoms with E-state index in [1.54, 1.807) is 0 Å². The summed E-state index contributed by atoms with van der Waals surface area (Å²) in [5, 5.41) is 7.44. The summed E-state index contributed by atoms with van der Waals surface area (Å²) in [6, 6.07) is 9.96. The van der Waals surface area contributed by atoms with Crippen LogP contribution in [-0.2, 0) is 9.53 Å². The third-order valence-electron chi connectivity index (χ3n) is 4.80. The summed E-state index contributed by atoms with van der Waals surface area (Å²) in [6.07, 6.45) is 2.81. The average Bonchev–Trinajstić information content (AvgIpc) is 3.25. The molecule has 6 nitrogen and oxygen atoms in total. The molecule has 6 heteroatoms. The van der Waals surface area contributed by atoms with Crippen LogP contribution < -0.4 is 0 Å². The number of esters is 1. The van der Waals surface area contributed by atoms with E-state index in [-0.39, 0.29) is 12.0 Å². The number of hydrogen-bond donors (Lipinski definition) is 1. The number of rotatable bonds is 3. The van der Waals surface area contributed by atoms with Gasteiger partial charge in [-0.3, -0.25) is 14.8 Å². The highest BCUT2D eigenvalue weighted by Crippen LogP contribution is 2.29. The molecule has 2 aliphatic heterocycles. The lowest BCUT2D eigenvalue weighted by Gasteiger charge is -2.33. The van der Waals surface area contributed by atoms with Crippen molar-refractivity contribution in [3.63, 3.8) is 0 Å². The topological polar surface area (TPSA) is 71.1 Å². The number of carbonyl (C=O) groups excluding carboxylic acids is 1. The third kappa shape index (κ3) is 2.86. The van der Waals surface area contributed by atoms with Crippen LogP contribution in [0.3, 0.4) is 0 Å². The number of likely N-dealkylation sites (tertiary alicyclic amines) is 1. The van der Waals surface area contributed by atoms with E-state index in [1.165, 1.54) is 0 Å². The number of ether oxygens (including phenoxy) is 1. The van der Waals surface area contributed by atoms with Crippen molar-refractivity contribution in [3.8, 4) is 11.4 Å².